The van der Waals surface area contributed by atoms with Gasteiger partial charge in [0.25, 0.3) is 0 Å². The smallest absolute Gasteiger partial charge is 0.0461 e. The van der Waals surface area contributed by atoms with Crippen LogP contribution in [0.25, 0.3) is 0 Å². The summed E-state index contributed by atoms with van der Waals surface area (Å²) < 4.78 is 0. The zero-order valence-corrected chi connectivity index (χ0v) is 13.2. The van der Waals surface area contributed by atoms with Crippen LogP contribution in [0.2, 0.25) is 0 Å². The van der Waals surface area contributed by atoms with E-state index in [1.807, 2.05) is 0 Å². The number of nitrogens with one attached hydrogen (secondary N) is 1. The molecule has 0 amide bonds. The van der Waals surface area contributed by atoms with E-state index in [1.54, 1.807) is 5.57 Å². The molecule has 0 bridgehead atoms. The highest BCUT2D eigenvalue weighted by Crippen LogP contribution is 2.31. The van der Waals surface area contributed by atoms with Gasteiger partial charge in [-0.15, -0.1) is 0 Å². The van der Waals surface area contributed by atoms with E-state index in [-0.39, 0.29) is 5.54 Å². The third-order valence-electron chi connectivity index (χ3n) is 4.98. The Morgan fingerprint density at radius 3 is 2.47 bits per heavy atom. The van der Waals surface area contributed by atoms with Crippen LogP contribution in [0.15, 0.2) is 11.6 Å². The van der Waals surface area contributed by atoms with Gasteiger partial charge in [-0.2, -0.15) is 0 Å². The van der Waals surface area contributed by atoms with Crippen molar-refractivity contribution in [1.29, 1.82) is 0 Å². The summed E-state index contributed by atoms with van der Waals surface area (Å²) in [4.78, 5) is 2.72. The molecular formula is C17H32N2. The number of likely N-dealkylation sites (tertiary alicyclic amines) is 1. The van der Waals surface area contributed by atoms with Gasteiger partial charge < -0.3 is 5.32 Å². The molecule has 0 aromatic rings. The summed E-state index contributed by atoms with van der Waals surface area (Å²) in [5.41, 5.74) is 1.92. The molecule has 1 heterocycles. The second kappa shape index (κ2) is 6.90. The van der Waals surface area contributed by atoms with E-state index in [0.717, 1.165) is 6.54 Å². The molecular weight excluding hydrogens is 232 g/mol. The Morgan fingerprint density at radius 2 is 1.89 bits per heavy atom. The van der Waals surface area contributed by atoms with Crippen molar-refractivity contribution in [2.24, 2.45) is 0 Å². The van der Waals surface area contributed by atoms with Crippen LogP contribution >= 0.6 is 0 Å². The largest absolute Gasteiger partial charge is 0.309 e. The van der Waals surface area contributed by atoms with Gasteiger partial charge in [-0.25, -0.2) is 0 Å². The van der Waals surface area contributed by atoms with Crippen molar-refractivity contribution in [3.05, 3.63) is 11.6 Å². The first-order chi connectivity index (χ1) is 9.16. The van der Waals surface area contributed by atoms with Crippen LogP contribution in [0.5, 0.6) is 0 Å². The highest BCUT2D eigenvalue weighted by molar-refractivity contribution is 5.20. The second-order valence-corrected chi connectivity index (χ2v) is 6.72. The van der Waals surface area contributed by atoms with Crippen LogP contribution in [0.3, 0.4) is 0 Å². The fraction of sp³-hybridized carbons (Fsp3) is 0.882. The molecule has 2 rings (SSSR count). The number of nitrogens with zero attached hydrogens (tertiary/aromatic N) is 1. The first kappa shape index (κ1) is 15.1. The zero-order chi connectivity index (χ0) is 13.7. The molecule has 1 unspecified atom stereocenters. The molecule has 0 aromatic heterocycles. The van der Waals surface area contributed by atoms with E-state index < -0.39 is 0 Å². The van der Waals surface area contributed by atoms with Crippen molar-refractivity contribution < 1.29 is 0 Å². The van der Waals surface area contributed by atoms with Crippen LogP contribution in [0.4, 0.5) is 0 Å². The van der Waals surface area contributed by atoms with Gasteiger partial charge >= 0.3 is 0 Å². The lowest BCUT2D eigenvalue weighted by atomic mass is 9.81. The van der Waals surface area contributed by atoms with E-state index in [4.69, 9.17) is 0 Å². The third-order valence-corrected chi connectivity index (χ3v) is 4.98. The molecule has 1 atom stereocenters. The number of hydrogen-bond donors (Lipinski definition) is 1. The summed E-state index contributed by atoms with van der Waals surface area (Å²) in [6.07, 6.45) is 12.0. The van der Waals surface area contributed by atoms with Gasteiger partial charge in [0.05, 0.1) is 0 Å². The Hall–Kier alpha value is -0.340. The summed E-state index contributed by atoms with van der Waals surface area (Å²) in [5, 5.41) is 3.78. The zero-order valence-electron chi connectivity index (χ0n) is 13.2. The maximum absolute atomic E-state index is 3.78. The van der Waals surface area contributed by atoms with Gasteiger partial charge in [0.15, 0.2) is 0 Å². The molecule has 2 nitrogen and oxygen atoms in total. The monoisotopic (exact) mass is 264 g/mol. The maximum Gasteiger partial charge on any atom is 0.0461 e. The van der Waals surface area contributed by atoms with Crippen molar-refractivity contribution in [3.8, 4) is 0 Å². The van der Waals surface area contributed by atoms with Gasteiger partial charge in [-0.3, -0.25) is 4.90 Å². The first-order valence-corrected chi connectivity index (χ1v) is 8.33. The van der Waals surface area contributed by atoms with E-state index in [2.05, 4.69) is 37.1 Å². The molecule has 110 valence electrons. The Morgan fingerprint density at radius 1 is 1.16 bits per heavy atom. The molecule has 19 heavy (non-hydrogen) atoms. The second-order valence-electron chi connectivity index (χ2n) is 6.72. The minimum Gasteiger partial charge on any atom is -0.309 e. The standard InChI is InChI=1S/C17H32N2/c1-4-18-16(15-11-7-5-8-12-15)17(2,3)19-13-9-6-10-14-19/h11,16,18H,4-10,12-14H2,1-3H3. The quantitative estimate of drug-likeness (QED) is 0.761. The Balaban J connectivity index is 2.13. The molecule has 2 heteroatoms. The van der Waals surface area contributed by atoms with Gasteiger partial charge in [0, 0.05) is 11.6 Å². The fourth-order valence-corrected chi connectivity index (χ4v) is 3.82. The predicted octanol–water partition coefficient (Wildman–Crippen LogP) is 3.73. The minimum absolute atomic E-state index is 0.250. The number of hydrogen-bond acceptors (Lipinski definition) is 2. The molecule has 0 radical (unpaired) electrons. The average molecular weight is 264 g/mol. The minimum atomic E-state index is 0.250. The highest BCUT2D eigenvalue weighted by Gasteiger charge is 2.37. The molecule has 0 saturated carbocycles. The number of piperidine rings is 1. The molecule has 0 aromatic carbocycles. The van der Waals surface area contributed by atoms with Crippen molar-refractivity contribution in [2.45, 2.75) is 77.3 Å². The maximum atomic E-state index is 3.78. The third kappa shape index (κ3) is 3.61. The van der Waals surface area contributed by atoms with Crippen LogP contribution in [-0.4, -0.2) is 36.1 Å². The molecule has 0 spiro atoms. The summed E-state index contributed by atoms with van der Waals surface area (Å²) in [5.74, 6) is 0. The number of rotatable bonds is 5. The normalized spacial score (nSPS) is 24.1. The van der Waals surface area contributed by atoms with Crippen LogP contribution < -0.4 is 5.32 Å². The van der Waals surface area contributed by atoms with E-state index >= 15 is 0 Å². The van der Waals surface area contributed by atoms with Crippen LogP contribution in [0, 0.1) is 0 Å². The van der Waals surface area contributed by atoms with Crippen molar-refractivity contribution in [3.63, 3.8) is 0 Å². The predicted molar refractivity (Wildman–Crippen MR) is 83.5 cm³/mol. The Kier molecular flexibility index (Phi) is 5.47. The molecule has 1 saturated heterocycles. The molecule has 2 aliphatic rings. The highest BCUT2D eigenvalue weighted by atomic mass is 15.2. The van der Waals surface area contributed by atoms with E-state index in [0.29, 0.717) is 6.04 Å². The van der Waals surface area contributed by atoms with Gasteiger partial charge in [0.2, 0.25) is 0 Å². The lowest BCUT2D eigenvalue weighted by molar-refractivity contribution is 0.0707. The molecule has 1 aliphatic heterocycles. The molecule has 1 N–H and O–H groups in total. The van der Waals surface area contributed by atoms with Crippen molar-refractivity contribution in [2.75, 3.05) is 19.6 Å². The Labute approximate surface area is 119 Å². The topological polar surface area (TPSA) is 15.3 Å². The summed E-state index contributed by atoms with van der Waals surface area (Å²) >= 11 is 0. The van der Waals surface area contributed by atoms with Crippen LogP contribution in [0.1, 0.15) is 65.7 Å². The van der Waals surface area contributed by atoms with Gasteiger partial charge in [-0.05, 0) is 72.0 Å². The summed E-state index contributed by atoms with van der Waals surface area (Å²) in [6, 6.07) is 0.538. The van der Waals surface area contributed by atoms with Gasteiger partial charge in [-0.1, -0.05) is 25.0 Å². The Bertz CT molecular complexity index is 300. The van der Waals surface area contributed by atoms with Crippen molar-refractivity contribution >= 4 is 0 Å². The van der Waals surface area contributed by atoms with Crippen LogP contribution in [-0.2, 0) is 0 Å². The summed E-state index contributed by atoms with van der Waals surface area (Å²) in [6.45, 7) is 10.8. The van der Waals surface area contributed by atoms with Gasteiger partial charge in [0.1, 0.15) is 0 Å². The SMILES string of the molecule is CCNC(C1=CCCCC1)C(C)(C)N1CCCCC1. The number of likely N-dealkylation sites (N-methyl/N-ethyl adjacent to an activating group) is 1. The molecule has 1 aliphatic carbocycles. The average Bonchev–Trinajstić information content (AvgIpc) is 2.46. The lowest BCUT2D eigenvalue weighted by Gasteiger charge is -2.47. The first-order valence-electron chi connectivity index (χ1n) is 8.33. The van der Waals surface area contributed by atoms with E-state index in [9.17, 15) is 0 Å². The fourth-order valence-electron chi connectivity index (χ4n) is 3.82. The van der Waals surface area contributed by atoms with E-state index in [1.165, 1.54) is 58.0 Å². The van der Waals surface area contributed by atoms with Crippen molar-refractivity contribution in [1.82, 2.24) is 10.2 Å². The lowest BCUT2D eigenvalue weighted by Crippen LogP contribution is -2.59. The molecule has 1 fully saturated rings. The summed E-state index contributed by atoms with van der Waals surface area (Å²) in [7, 11) is 0. The number of allylic oxidation sites excluding steroid dienone is 1.